The van der Waals surface area contributed by atoms with E-state index in [-0.39, 0.29) is 18.2 Å². The number of halogens is 1. The van der Waals surface area contributed by atoms with E-state index in [1.807, 2.05) is 32.0 Å². The first kappa shape index (κ1) is 20.0. The molecule has 2 amide bonds. The van der Waals surface area contributed by atoms with Crippen LogP contribution in [0.25, 0.3) is 0 Å². The molecular formula is C21H23ClN2O4. The van der Waals surface area contributed by atoms with Gasteiger partial charge in [-0.1, -0.05) is 29.3 Å². The average Bonchev–Trinajstić information content (AvgIpc) is 3.04. The summed E-state index contributed by atoms with van der Waals surface area (Å²) in [6, 6.07) is 9.11. The number of benzene rings is 2. The van der Waals surface area contributed by atoms with Crippen molar-refractivity contribution in [2.45, 2.75) is 20.3 Å². The van der Waals surface area contributed by atoms with Crippen molar-refractivity contribution in [1.29, 1.82) is 0 Å². The van der Waals surface area contributed by atoms with Crippen molar-refractivity contribution in [2.75, 3.05) is 31.0 Å². The van der Waals surface area contributed by atoms with Crippen LogP contribution in [0.1, 0.15) is 17.5 Å². The number of anilines is 2. The summed E-state index contributed by atoms with van der Waals surface area (Å²) in [4.78, 5) is 27.0. The Morgan fingerprint density at radius 2 is 1.86 bits per heavy atom. The Morgan fingerprint density at radius 1 is 1.14 bits per heavy atom. The maximum Gasteiger partial charge on any atom is 0.229 e. The van der Waals surface area contributed by atoms with Gasteiger partial charge in [-0.05, 0) is 25.5 Å². The Balaban J connectivity index is 1.78. The number of rotatable bonds is 5. The van der Waals surface area contributed by atoms with Gasteiger partial charge in [-0.2, -0.15) is 0 Å². The molecule has 1 aliphatic rings. The van der Waals surface area contributed by atoms with Crippen LogP contribution >= 0.6 is 11.6 Å². The van der Waals surface area contributed by atoms with Crippen LogP contribution in [-0.4, -0.2) is 32.6 Å². The Bertz CT molecular complexity index is 929. The van der Waals surface area contributed by atoms with Crippen molar-refractivity contribution in [3.63, 3.8) is 0 Å². The lowest BCUT2D eigenvalue weighted by Gasteiger charge is -2.20. The van der Waals surface area contributed by atoms with E-state index in [1.165, 1.54) is 14.2 Å². The van der Waals surface area contributed by atoms with Gasteiger partial charge in [0.1, 0.15) is 11.5 Å². The fourth-order valence-electron chi connectivity index (χ4n) is 3.42. The van der Waals surface area contributed by atoms with Gasteiger partial charge >= 0.3 is 0 Å². The Labute approximate surface area is 169 Å². The summed E-state index contributed by atoms with van der Waals surface area (Å²) < 4.78 is 10.5. The predicted molar refractivity (Wildman–Crippen MR) is 110 cm³/mol. The van der Waals surface area contributed by atoms with E-state index in [2.05, 4.69) is 5.32 Å². The molecule has 2 aromatic rings. The lowest BCUT2D eigenvalue weighted by Crippen LogP contribution is -2.28. The molecule has 0 saturated carbocycles. The van der Waals surface area contributed by atoms with Crippen LogP contribution in [0.5, 0.6) is 11.5 Å². The number of hydrogen-bond donors (Lipinski definition) is 1. The molecule has 6 nitrogen and oxygen atoms in total. The standard InChI is InChI=1S/C21H23ClN2O4/c1-12-5-6-17(13(2)7-12)24-11-14(8-20(24)25)21(26)23-16-10-18(27-3)15(22)9-19(16)28-4/h5-7,9-10,14H,8,11H2,1-4H3,(H,23,26). The van der Waals surface area contributed by atoms with Crippen LogP contribution in [0, 0.1) is 19.8 Å². The van der Waals surface area contributed by atoms with E-state index in [9.17, 15) is 9.59 Å². The number of amides is 2. The molecule has 1 heterocycles. The Hall–Kier alpha value is -2.73. The first-order valence-electron chi connectivity index (χ1n) is 8.94. The van der Waals surface area contributed by atoms with E-state index in [4.69, 9.17) is 21.1 Å². The smallest absolute Gasteiger partial charge is 0.229 e. The predicted octanol–water partition coefficient (Wildman–Crippen LogP) is 3.97. The normalized spacial score (nSPS) is 16.2. The average molecular weight is 403 g/mol. The second-order valence-electron chi connectivity index (χ2n) is 6.87. The maximum atomic E-state index is 12.8. The van der Waals surface area contributed by atoms with Gasteiger partial charge in [0.05, 0.1) is 30.8 Å². The molecule has 0 spiro atoms. The third-order valence-corrected chi connectivity index (χ3v) is 5.17. The van der Waals surface area contributed by atoms with Gasteiger partial charge in [0, 0.05) is 30.8 Å². The van der Waals surface area contributed by atoms with Crippen LogP contribution in [0.3, 0.4) is 0 Å². The highest BCUT2D eigenvalue weighted by Crippen LogP contribution is 2.36. The minimum absolute atomic E-state index is 0.0623. The second kappa shape index (κ2) is 8.10. The quantitative estimate of drug-likeness (QED) is 0.821. The van der Waals surface area contributed by atoms with Crippen LogP contribution in [0.15, 0.2) is 30.3 Å². The van der Waals surface area contributed by atoms with E-state index < -0.39 is 5.92 Å². The highest BCUT2D eigenvalue weighted by atomic mass is 35.5. The molecule has 0 bridgehead atoms. The number of nitrogens with one attached hydrogen (secondary N) is 1. The van der Waals surface area contributed by atoms with E-state index in [1.54, 1.807) is 17.0 Å². The van der Waals surface area contributed by atoms with E-state index in [0.717, 1.165) is 16.8 Å². The largest absolute Gasteiger partial charge is 0.495 e. The number of methoxy groups -OCH3 is 2. The van der Waals surface area contributed by atoms with Crippen molar-refractivity contribution in [2.24, 2.45) is 5.92 Å². The number of hydrogen-bond acceptors (Lipinski definition) is 4. The van der Waals surface area contributed by atoms with Crippen molar-refractivity contribution in [3.8, 4) is 11.5 Å². The summed E-state index contributed by atoms with van der Waals surface area (Å²) in [6.07, 6.45) is 0.159. The monoisotopic (exact) mass is 402 g/mol. The molecule has 0 aromatic heterocycles. The van der Waals surface area contributed by atoms with Crippen molar-refractivity contribution < 1.29 is 19.1 Å². The van der Waals surface area contributed by atoms with Crippen LogP contribution in [0.2, 0.25) is 5.02 Å². The maximum absolute atomic E-state index is 12.8. The molecule has 1 unspecified atom stereocenters. The minimum Gasteiger partial charge on any atom is -0.495 e. The van der Waals surface area contributed by atoms with Crippen molar-refractivity contribution in [1.82, 2.24) is 0 Å². The summed E-state index contributed by atoms with van der Waals surface area (Å²) in [5.41, 5.74) is 3.44. The van der Waals surface area contributed by atoms with Gasteiger partial charge in [-0.3, -0.25) is 9.59 Å². The lowest BCUT2D eigenvalue weighted by atomic mass is 10.1. The zero-order chi connectivity index (χ0) is 20.4. The Morgan fingerprint density at radius 3 is 2.50 bits per heavy atom. The number of carbonyl (C=O) groups excluding carboxylic acids is 2. The first-order chi connectivity index (χ1) is 13.3. The zero-order valence-corrected chi connectivity index (χ0v) is 17.1. The summed E-state index contributed by atoms with van der Waals surface area (Å²) in [5.74, 6) is 0.0857. The van der Waals surface area contributed by atoms with Crippen molar-refractivity contribution >= 4 is 34.8 Å². The summed E-state index contributed by atoms with van der Waals surface area (Å²) in [7, 11) is 2.99. The van der Waals surface area contributed by atoms with Crippen LogP contribution in [0.4, 0.5) is 11.4 Å². The van der Waals surface area contributed by atoms with Gasteiger partial charge in [0.25, 0.3) is 0 Å². The SMILES string of the molecule is COc1cc(NC(=O)C2CC(=O)N(c3ccc(C)cc3C)C2)c(OC)cc1Cl. The minimum atomic E-state index is -0.459. The third kappa shape index (κ3) is 3.92. The molecule has 2 aromatic carbocycles. The second-order valence-corrected chi connectivity index (χ2v) is 7.28. The number of aryl methyl sites for hydroxylation is 2. The van der Waals surface area contributed by atoms with Gasteiger partial charge in [-0.15, -0.1) is 0 Å². The van der Waals surface area contributed by atoms with E-state index in [0.29, 0.717) is 28.8 Å². The summed E-state index contributed by atoms with van der Waals surface area (Å²) in [6.45, 7) is 4.31. The van der Waals surface area contributed by atoms with Gasteiger partial charge in [0.15, 0.2) is 0 Å². The molecule has 148 valence electrons. The van der Waals surface area contributed by atoms with Gasteiger partial charge < -0.3 is 19.7 Å². The number of carbonyl (C=O) groups is 2. The Kier molecular flexibility index (Phi) is 5.79. The molecule has 1 N–H and O–H groups in total. The fourth-order valence-corrected chi connectivity index (χ4v) is 3.65. The fraction of sp³-hybridized carbons (Fsp3) is 0.333. The third-order valence-electron chi connectivity index (χ3n) is 4.87. The summed E-state index contributed by atoms with van der Waals surface area (Å²) in [5, 5.41) is 3.22. The molecule has 7 heteroatoms. The molecule has 0 radical (unpaired) electrons. The first-order valence-corrected chi connectivity index (χ1v) is 9.31. The molecule has 1 fully saturated rings. The van der Waals surface area contributed by atoms with Crippen LogP contribution < -0.4 is 19.7 Å². The topological polar surface area (TPSA) is 67.9 Å². The van der Waals surface area contributed by atoms with Crippen molar-refractivity contribution in [3.05, 3.63) is 46.5 Å². The molecule has 3 rings (SSSR count). The van der Waals surface area contributed by atoms with E-state index >= 15 is 0 Å². The number of nitrogens with zero attached hydrogens (tertiary/aromatic N) is 1. The number of ether oxygens (including phenoxy) is 2. The molecule has 1 aliphatic heterocycles. The zero-order valence-electron chi connectivity index (χ0n) is 16.3. The van der Waals surface area contributed by atoms with Gasteiger partial charge in [0.2, 0.25) is 11.8 Å². The molecule has 28 heavy (non-hydrogen) atoms. The molecule has 1 atom stereocenters. The van der Waals surface area contributed by atoms with Crippen LogP contribution in [-0.2, 0) is 9.59 Å². The highest BCUT2D eigenvalue weighted by Gasteiger charge is 2.36. The molecular weight excluding hydrogens is 380 g/mol. The molecule has 1 saturated heterocycles. The van der Waals surface area contributed by atoms with Gasteiger partial charge in [-0.25, -0.2) is 0 Å². The molecule has 0 aliphatic carbocycles. The summed E-state index contributed by atoms with van der Waals surface area (Å²) >= 11 is 6.11. The highest BCUT2D eigenvalue weighted by molar-refractivity contribution is 6.32. The lowest BCUT2D eigenvalue weighted by molar-refractivity contribution is -0.122.